The molecule has 0 radical (unpaired) electrons. The maximum absolute atomic E-state index is 12.1. The zero-order valence-corrected chi connectivity index (χ0v) is 11.8. The van der Waals surface area contributed by atoms with Crippen LogP contribution in [0.1, 0.15) is 33.6 Å². The van der Waals surface area contributed by atoms with Crippen LogP contribution in [0.15, 0.2) is 0 Å². The summed E-state index contributed by atoms with van der Waals surface area (Å²) < 4.78 is 5.43. The van der Waals surface area contributed by atoms with Crippen molar-refractivity contribution in [3.63, 3.8) is 0 Å². The Balaban J connectivity index is 1.73. The molecule has 1 saturated carbocycles. The van der Waals surface area contributed by atoms with Gasteiger partial charge in [0, 0.05) is 12.6 Å². The lowest BCUT2D eigenvalue weighted by Crippen LogP contribution is -2.44. The van der Waals surface area contributed by atoms with E-state index in [2.05, 4.69) is 31.4 Å². The van der Waals surface area contributed by atoms with Crippen molar-refractivity contribution >= 4 is 5.91 Å². The highest BCUT2D eigenvalue weighted by molar-refractivity contribution is 5.79. The Morgan fingerprint density at radius 2 is 2.11 bits per heavy atom. The minimum atomic E-state index is -0.0154. The number of rotatable bonds is 6. The molecule has 1 heterocycles. The highest BCUT2D eigenvalue weighted by Gasteiger charge is 2.45. The normalized spacial score (nSPS) is 33.4. The minimum absolute atomic E-state index is 0.0154. The molecule has 3 unspecified atom stereocenters. The Morgan fingerprint density at radius 3 is 2.72 bits per heavy atom. The van der Waals surface area contributed by atoms with Crippen LogP contribution in [0.3, 0.4) is 0 Å². The molecule has 0 aromatic carbocycles. The van der Waals surface area contributed by atoms with Crippen LogP contribution in [0.2, 0.25) is 0 Å². The molecule has 1 aliphatic carbocycles. The first kappa shape index (κ1) is 13.8. The maximum Gasteiger partial charge on any atom is 0.227 e. The smallest absolute Gasteiger partial charge is 0.227 e. The summed E-state index contributed by atoms with van der Waals surface area (Å²) in [5, 5.41) is 6.49. The van der Waals surface area contributed by atoms with E-state index < -0.39 is 0 Å². The van der Waals surface area contributed by atoms with Gasteiger partial charge in [0.2, 0.25) is 5.91 Å². The number of hydrogen-bond acceptors (Lipinski definition) is 3. The van der Waals surface area contributed by atoms with Crippen molar-refractivity contribution in [1.29, 1.82) is 0 Å². The molecule has 0 aromatic rings. The van der Waals surface area contributed by atoms with Crippen LogP contribution in [0.4, 0.5) is 0 Å². The quantitative estimate of drug-likeness (QED) is 0.748. The summed E-state index contributed by atoms with van der Waals surface area (Å²) in [6.45, 7) is 9.64. The molecule has 1 amide bonds. The van der Waals surface area contributed by atoms with Crippen molar-refractivity contribution in [2.24, 2.45) is 17.3 Å². The lowest BCUT2D eigenvalue weighted by atomic mass is 10.0. The van der Waals surface area contributed by atoms with E-state index in [1.165, 1.54) is 6.42 Å². The molecule has 18 heavy (non-hydrogen) atoms. The van der Waals surface area contributed by atoms with Gasteiger partial charge in [-0.3, -0.25) is 4.79 Å². The Morgan fingerprint density at radius 1 is 1.39 bits per heavy atom. The van der Waals surface area contributed by atoms with Gasteiger partial charge in [-0.05, 0) is 30.7 Å². The predicted octanol–water partition coefficient (Wildman–Crippen LogP) is 1.16. The van der Waals surface area contributed by atoms with Crippen LogP contribution in [-0.4, -0.2) is 38.3 Å². The third-order valence-corrected chi connectivity index (χ3v) is 4.31. The molecule has 2 N–H and O–H groups in total. The van der Waals surface area contributed by atoms with E-state index >= 15 is 0 Å². The lowest BCUT2D eigenvalue weighted by molar-refractivity contribution is -0.125. The molecule has 0 aromatic heterocycles. The van der Waals surface area contributed by atoms with Gasteiger partial charge in [0.1, 0.15) is 0 Å². The van der Waals surface area contributed by atoms with Crippen molar-refractivity contribution in [2.75, 3.05) is 26.3 Å². The van der Waals surface area contributed by atoms with Gasteiger partial charge in [0.25, 0.3) is 0 Å². The van der Waals surface area contributed by atoms with Gasteiger partial charge in [0.05, 0.1) is 19.1 Å². The van der Waals surface area contributed by atoms with Gasteiger partial charge >= 0.3 is 0 Å². The predicted molar refractivity (Wildman–Crippen MR) is 71.3 cm³/mol. The standard InChI is InChI=1S/C14H26N2O2/c1-4-5-15-12-9-18-8-11(12)13(17)16-7-10-6-14(10,2)3/h10-12,15H,4-9H2,1-3H3,(H,16,17). The molecule has 2 fully saturated rings. The first-order valence-corrected chi connectivity index (χ1v) is 7.13. The van der Waals surface area contributed by atoms with Gasteiger partial charge in [-0.2, -0.15) is 0 Å². The third kappa shape index (κ3) is 3.23. The monoisotopic (exact) mass is 254 g/mol. The van der Waals surface area contributed by atoms with E-state index in [1.54, 1.807) is 0 Å². The second kappa shape index (κ2) is 5.57. The summed E-state index contributed by atoms with van der Waals surface area (Å²) in [6.07, 6.45) is 2.31. The van der Waals surface area contributed by atoms with Crippen LogP contribution in [0.25, 0.3) is 0 Å². The van der Waals surface area contributed by atoms with Crippen molar-refractivity contribution < 1.29 is 9.53 Å². The topological polar surface area (TPSA) is 50.4 Å². The fraction of sp³-hybridized carbons (Fsp3) is 0.929. The Kier molecular flexibility index (Phi) is 4.28. The second-order valence-corrected chi connectivity index (χ2v) is 6.34. The number of nitrogens with one attached hydrogen (secondary N) is 2. The molecule has 4 heteroatoms. The lowest BCUT2D eigenvalue weighted by Gasteiger charge is -2.18. The highest BCUT2D eigenvalue weighted by Crippen LogP contribution is 2.50. The van der Waals surface area contributed by atoms with Crippen LogP contribution in [0.5, 0.6) is 0 Å². The Hall–Kier alpha value is -0.610. The van der Waals surface area contributed by atoms with E-state index in [0.717, 1.165) is 19.5 Å². The number of ether oxygens (including phenoxy) is 1. The molecule has 0 bridgehead atoms. The Labute approximate surface area is 110 Å². The number of carbonyl (C=O) groups is 1. The molecule has 1 saturated heterocycles. The number of hydrogen-bond donors (Lipinski definition) is 2. The third-order valence-electron chi connectivity index (χ3n) is 4.31. The summed E-state index contributed by atoms with van der Waals surface area (Å²) in [4.78, 5) is 12.1. The summed E-state index contributed by atoms with van der Waals surface area (Å²) in [6, 6.07) is 0.192. The van der Waals surface area contributed by atoms with Crippen LogP contribution >= 0.6 is 0 Å². The van der Waals surface area contributed by atoms with Crippen LogP contribution in [0, 0.1) is 17.3 Å². The first-order chi connectivity index (χ1) is 8.54. The van der Waals surface area contributed by atoms with E-state index in [0.29, 0.717) is 24.5 Å². The molecular formula is C14H26N2O2. The molecule has 104 valence electrons. The molecular weight excluding hydrogens is 228 g/mol. The molecule has 4 nitrogen and oxygen atoms in total. The number of amides is 1. The van der Waals surface area contributed by atoms with Gasteiger partial charge in [0.15, 0.2) is 0 Å². The van der Waals surface area contributed by atoms with Gasteiger partial charge in [-0.1, -0.05) is 20.8 Å². The fourth-order valence-electron chi connectivity index (χ4n) is 2.62. The van der Waals surface area contributed by atoms with Crippen LogP contribution in [-0.2, 0) is 9.53 Å². The second-order valence-electron chi connectivity index (χ2n) is 6.34. The maximum atomic E-state index is 12.1. The minimum Gasteiger partial charge on any atom is -0.379 e. The average molecular weight is 254 g/mol. The molecule has 2 aliphatic rings. The SMILES string of the molecule is CCCNC1COCC1C(=O)NCC1CC1(C)C. The number of carbonyl (C=O) groups excluding carboxylic acids is 1. The highest BCUT2D eigenvalue weighted by atomic mass is 16.5. The van der Waals surface area contributed by atoms with Crippen molar-refractivity contribution in [3.8, 4) is 0 Å². The van der Waals surface area contributed by atoms with Crippen molar-refractivity contribution in [2.45, 2.75) is 39.7 Å². The van der Waals surface area contributed by atoms with Crippen LogP contribution < -0.4 is 10.6 Å². The zero-order chi connectivity index (χ0) is 13.2. The van der Waals surface area contributed by atoms with E-state index in [-0.39, 0.29) is 17.9 Å². The van der Waals surface area contributed by atoms with Gasteiger partial charge in [-0.15, -0.1) is 0 Å². The van der Waals surface area contributed by atoms with Crippen molar-refractivity contribution in [1.82, 2.24) is 10.6 Å². The summed E-state index contributed by atoms with van der Waals surface area (Å²) in [7, 11) is 0. The summed E-state index contributed by atoms with van der Waals surface area (Å²) >= 11 is 0. The van der Waals surface area contributed by atoms with Gasteiger partial charge < -0.3 is 15.4 Å². The molecule has 1 aliphatic heterocycles. The molecule has 3 atom stereocenters. The summed E-state index contributed by atoms with van der Waals surface area (Å²) in [5.74, 6) is 0.799. The van der Waals surface area contributed by atoms with Gasteiger partial charge in [-0.25, -0.2) is 0 Å². The Bertz CT molecular complexity index is 304. The fourth-order valence-corrected chi connectivity index (χ4v) is 2.62. The molecule has 2 rings (SSSR count). The van der Waals surface area contributed by atoms with E-state index in [1.807, 2.05) is 0 Å². The average Bonchev–Trinajstić information content (AvgIpc) is 2.77. The van der Waals surface area contributed by atoms with Crippen molar-refractivity contribution in [3.05, 3.63) is 0 Å². The zero-order valence-electron chi connectivity index (χ0n) is 11.8. The first-order valence-electron chi connectivity index (χ1n) is 7.13. The summed E-state index contributed by atoms with van der Waals surface area (Å²) in [5.41, 5.74) is 0.430. The largest absolute Gasteiger partial charge is 0.379 e. The molecule has 0 spiro atoms. The van der Waals surface area contributed by atoms with E-state index in [4.69, 9.17) is 4.74 Å². The van der Waals surface area contributed by atoms with E-state index in [9.17, 15) is 4.79 Å².